The topological polar surface area (TPSA) is 49.3 Å². The molecule has 1 heterocycles. The molecule has 0 aliphatic carbocycles. The summed E-state index contributed by atoms with van der Waals surface area (Å²) >= 11 is 0. The predicted molar refractivity (Wildman–Crippen MR) is 58.2 cm³/mol. The highest BCUT2D eigenvalue weighted by molar-refractivity contribution is 6.22. The first-order valence-corrected chi connectivity index (χ1v) is 5.03. The van der Waals surface area contributed by atoms with Crippen molar-refractivity contribution in [2.75, 3.05) is 0 Å². The normalized spacial score (nSPS) is 20.6. The summed E-state index contributed by atoms with van der Waals surface area (Å²) in [6, 6.07) is 9.00. The molecule has 0 bridgehead atoms. The third-order valence-corrected chi connectivity index (χ3v) is 2.59. The van der Waals surface area contributed by atoms with E-state index in [2.05, 4.69) is 5.32 Å². The third kappa shape index (κ3) is 1.61. The van der Waals surface area contributed by atoms with Crippen molar-refractivity contribution < 1.29 is 9.90 Å². The Hall–Kier alpha value is -1.77. The molecule has 0 saturated carbocycles. The maximum Gasteiger partial charge on any atom is 0.255 e. The minimum atomic E-state index is -0.229. The molecule has 1 aliphatic rings. The third-order valence-electron chi connectivity index (χ3n) is 2.59. The van der Waals surface area contributed by atoms with Gasteiger partial charge in [0.2, 0.25) is 0 Å². The molecule has 1 amide bonds. The Balaban J connectivity index is 2.44. The van der Waals surface area contributed by atoms with Crippen molar-refractivity contribution in [3.8, 4) is 0 Å². The molecule has 1 unspecified atom stereocenters. The number of carbonyl (C=O) groups excluding carboxylic acids is 1. The SMILES string of the molecule is CCC1NC(=O)C(c2ccccc2)=C1O. The van der Waals surface area contributed by atoms with Gasteiger partial charge in [0.15, 0.2) is 0 Å². The highest BCUT2D eigenvalue weighted by Gasteiger charge is 2.30. The van der Waals surface area contributed by atoms with Crippen molar-refractivity contribution in [1.29, 1.82) is 0 Å². The second-order valence-electron chi connectivity index (χ2n) is 3.56. The van der Waals surface area contributed by atoms with Crippen LogP contribution in [0, 0.1) is 0 Å². The molecular weight excluding hydrogens is 190 g/mol. The summed E-state index contributed by atoms with van der Waals surface area (Å²) in [5.41, 5.74) is 1.17. The fourth-order valence-corrected chi connectivity index (χ4v) is 1.77. The summed E-state index contributed by atoms with van der Waals surface area (Å²) in [4.78, 5) is 11.6. The molecule has 78 valence electrons. The van der Waals surface area contributed by atoms with Crippen LogP contribution < -0.4 is 5.32 Å². The number of hydrogen-bond donors (Lipinski definition) is 2. The van der Waals surface area contributed by atoms with Gasteiger partial charge < -0.3 is 10.4 Å². The monoisotopic (exact) mass is 203 g/mol. The van der Waals surface area contributed by atoms with Gasteiger partial charge in [0.25, 0.3) is 5.91 Å². The number of carbonyl (C=O) groups is 1. The number of hydrogen-bond acceptors (Lipinski definition) is 2. The van der Waals surface area contributed by atoms with E-state index in [1.54, 1.807) is 0 Å². The Kier molecular flexibility index (Phi) is 2.46. The Morgan fingerprint density at radius 3 is 2.53 bits per heavy atom. The number of benzene rings is 1. The van der Waals surface area contributed by atoms with Gasteiger partial charge in [-0.2, -0.15) is 0 Å². The second kappa shape index (κ2) is 3.77. The van der Waals surface area contributed by atoms with Gasteiger partial charge in [-0.15, -0.1) is 0 Å². The smallest absolute Gasteiger partial charge is 0.255 e. The number of rotatable bonds is 2. The molecule has 3 heteroatoms. The standard InChI is InChI=1S/C12H13NO2/c1-2-9-11(14)10(12(15)13-9)8-6-4-3-5-7-8/h3-7,9,14H,2H2,1H3,(H,13,15). The number of amides is 1. The lowest BCUT2D eigenvalue weighted by Gasteiger charge is -2.05. The van der Waals surface area contributed by atoms with Gasteiger partial charge in [0.1, 0.15) is 5.76 Å². The van der Waals surface area contributed by atoms with Gasteiger partial charge in [0.05, 0.1) is 11.6 Å². The molecule has 0 fully saturated rings. The quantitative estimate of drug-likeness (QED) is 0.770. The lowest BCUT2D eigenvalue weighted by Crippen LogP contribution is -2.27. The molecule has 0 radical (unpaired) electrons. The predicted octanol–water partition coefficient (Wildman–Crippen LogP) is 1.86. The van der Waals surface area contributed by atoms with Crippen LogP contribution in [0.3, 0.4) is 0 Å². The van der Waals surface area contributed by atoms with Crippen molar-refractivity contribution >= 4 is 11.5 Å². The maximum absolute atomic E-state index is 11.6. The largest absolute Gasteiger partial charge is 0.509 e. The lowest BCUT2D eigenvalue weighted by molar-refractivity contribution is -0.115. The Morgan fingerprint density at radius 1 is 1.33 bits per heavy atom. The Labute approximate surface area is 88.4 Å². The van der Waals surface area contributed by atoms with Crippen LogP contribution >= 0.6 is 0 Å². The zero-order valence-corrected chi connectivity index (χ0v) is 8.53. The summed E-state index contributed by atoms with van der Waals surface area (Å²) in [5, 5.41) is 12.6. The van der Waals surface area contributed by atoms with Crippen molar-refractivity contribution in [2.24, 2.45) is 0 Å². The molecule has 15 heavy (non-hydrogen) atoms. The van der Waals surface area contributed by atoms with E-state index < -0.39 is 0 Å². The highest BCUT2D eigenvalue weighted by Crippen LogP contribution is 2.25. The van der Waals surface area contributed by atoms with Gasteiger partial charge in [-0.3, -0.25) is 4.79 Å². The van der Waals surface area contributed by atoms with Crippen LogP contribution in [0.4, 0.5) is 0 Å². The molecule has 1 aliphatic heterocycles. The van der Waals surface area contributed by atoms with Gasteiger partial charge in [-0.05, 0) is 12.0 Å². The first-order valence-electron chi connectivity index (χ1n) is 5.03. The summed E-state index contributed by atoms with van der Waals surface area (Å²) in [7, 11) is 0. The van der Waals surface area contributed by atoms with E-state index in [4.69, 9.17) is 0 Å². The Bertz CT molecular complexity index is 409. The van der Waals surface area contributed by atoms with E-state index in [9.17, 15) is 9.90 Å². The molecule has 1 atom stereocenters. The minimum Gasteiger partial charge on any atom is -0.509 e. The van der Waals surface area contributed by atoms with Crippen LogP contribution in [-0.2, 0) is 4.79 Å². The molecule has 2 N–H and O–H groups in total. The average molecular weight is 203 g/mol. The van der Waals surface area contributed by atoms with Crippen molar-refractivity contribution in [2.45, 2.75) is 19.4 Å². The van der Waals surface area contributed by atoms with Crippen molar-refractivity contribution in [3.05, 3.63) is 41.7 Å². The van der Waals surface area contributed by atoms with Crippen LogP contribution in [0.2, 0.25) is 0 Å². The molecule has 0 aromatic heterocycles. The van der Waals surface area contributed by atoms with Gasteiger partial charge >= 0.3 is 0 Å². The fraction of sp³-hybridized carbons (Fsp3) is 0.250. The molecule has 3 nitrogen and oxygen atoms in total. The number of aliphatic hydroxyl groups is 1. The molecule has 2 rings (SSSR count). The molecule has 1 aromatic carbocycles. The molecule has 1 aromatic rings. The van der Waals surface area contributed by atoms with Crippen LogP contribution in [0.1, 0.15) is 18.9 Å². The zero-order valence-electron chi connectivity index (χ0n) is 8.53. The lowest BCUT2D eigenvalue weighted by atomic mass is 10.0. The molecule has 0 spiro atoms. The summed E-state index contributed by atoms with van der Waals surface area (Å²) in [6.45, 7) is 1.93. The number of aliphatic hydroxyl groups excluding tert-OH is 1. The summed E-state index contributed by atoms with van der Waals surface area (Å²) in [6.07, 6.45) is 0.702. The molecular formula is C12H13NO2. The van der Waals surface area contributed by atoms with Crippen LogP contribution in [0.5, 0.6) is 0 Å². The first kappa shape index (κ1) is 9.77. The van der Waals surface area contributed by atoms with Crippen molar-refractivity contribution in [3.63, 3.8) is 0 Å². The second-order valence-corrected chi connectivity index (χ2v) is 3.56. The van der Waals surface area contributed by atoms with Gasteiger partial charge in [-0.25, -0.2) is 0 Å². The summed E-state index contributed by atoms with van der Waals surface area (Å²) in [5.74, 6) is -0.0285. The van der Waals surface area contributed by atoms with Crippen molar-refractivity contribution in [1.82, 2.24) is 5.32 Å². The fourth-order valence-electron chi connectivity index (χ4n) is 1.77. The van der Waals surface area contributed by atoms with Crippen LogP contribution in [0.25, 0.3) is 5.57 Å². The first-order chi connectivity index (χ1) is 7.24. The van der Waals surface area contributed by atoms with Gasteiger partial charge in [0, 0.05) is 0 Å². The zero-order chi connectivity index (χ0) is 10.8. The van der Waals surface area contributed by atoms with E-state index in [0.29, 0.717) is 12.0 Å². The summed E-state index contributed by atoms with van der Waals surface area (Å²) < 4.78 is 0. The minimum absolute atomic E-state index is 0.161. The van der Waals surface area contributed by atoms with E-state index in [1.807, 2.05) is 37.3 Å². The number of nitrogens with one attached hydrogen (secondary N) is 1. The van der Waals surface area contributed by atoms with E-state index in [-0.39, 0.29) is 17.7 Å². The molecule has 0 saturated heterocycles. The van der Waals surface area contributed by atoms with Crippen LogP contribution in [0.15, 0.2) is 36.1 Å². The van der Waals surface area contributed by atoms with E-state index in [1.165, 1.54) is 0 Å². The maximum atomic E-state index is 11.6. The Morgan fingerprint density at radius 2 is 2.00 bits per heavy atom. The van der Waals surface area contributed by atoms with E-state index >= 15 is 0 Å². The highest BCUT2D eigenvalue weighted by atomic mass is 16.3. The average Bonchev–Trinajstić information content (AvgIpc) is 2.55. The van der Waals surface area contributed by atoms with E-state index in [0.717, 1.165) is 5.56 Å². The van der Waals surface area contributed by atoms with Gasteiger partial charge in [-0.1, -0.05) is 37.3 Å². The van der Waals surface area contributed by atoms with Crippen LogP contribution in [-0.4, -0.2) is 17.1 Å².